The minimum atomic E-state index is -3.65. The van der Waals surface area contributed by atoms with Crippen molar-refractivity contribution in [2.45, 2.75) is 50.1 Å². The Bertz CT molecular complexity index is 1120. The van der Waals surface area contributed by atoms with Crippen LogP contribution in [0.4, 0.5) is 5.69 Å². The number of aliphatic hydroxyl groups is 1. The van der Waals surface area contributed by atoms with E-state index in [-0.39, 0.29) is 24.6 Å². The molecule has 2 aliphatic rings. The average molecular weight is 439 g/mol. The first-order valence-electron chi connectivity index (χ1n) is 10.9. The number of rotatable bonds is 4. The van der Waals surface area contributed by atoms with Crippen molar-refractivity contribution in [1.29, 1.82) is 0 Å². The molecule has 6 heteroatoms. The molecule has 1 N–H and O–H groups in total. The predicted octanol–water partition coefficient (Wildman–Crippen LogP) is 3.71. The third-order valence-corrected chi connectivity index (χ3v) is 8.43. The van der Waals surface area contributed by atoms with Crippen LogP contribution >= 0.6 is 0 Å². The molecule has 0 radical (unpaired) electrons. The molecule has 0 bridgehead atoms. The highest BCUT2D eigenvalue weighted by molar-refractivity contribution is 7.89. The zero-order valence-electron chi connectivity index (χ0n) is 18.4. The highest BCUT2D eigenvalue weighted by Gasteiger charge is 2.50. The van der Waals surface area contributed by atoms with Gasteiger partial charge in [-0.2, -0.15) is 4.31 Å². The minimum Gasteiger partial charge on any atom is -0.394 e. The van der Waals surface area contributed by atoms with E-state index in [1.807, 2.05) is 44.3 Å². The highest BCUT2D eigenvalue weighted by Crippen LogP contribution is 2.50. The Morgan fingerprint density at radius 1 is 1.16 bits per heavy atom. The standard InChI is InChI=1S/C25H30N2O3S/c1-4-5-6-7-19-10-13-23-22(16-19)25-21(24(17-28)26(23)3)14-15-27(25)31(29,30)20-11-8-18(2)9-12-20/h8-13,16,21,24-25,28H,4-5,14-15,17H2,1-3H3/t21-,24+,25-/m1/s1. The summed E-state index contributed by atoms with van der Waals surface area (Å²) in [5, 5.41) is 10.1. The molecule has 1 fully saturated rings. The molecule has 0 unspecified atom stereocenters. The highest BCUT2D eigenvalue weighted by atomic mass is 32.2. The lowest BCUT2D eigenvalue weighted by Gasteiger charge is -2.44. The molecule has 0 amide bonds. The van der Waals surface area contributed by atoms with Crippen LogP contribution in [0.3, 0.4) is 0 Å². The van der Waals surface area contributed by atoms with Crippen molar-refractivity contribution in [3.63, 3.8) is 0 Å². The summed E-state index contributed by atoms with van der Waals surface area (Å²) in [5.74, 6) is 6.44. The van der Waals surface area contributed by atoms with Gasteiger partial charge in [0.2, 0.25) is 10.0 Å². The monoisotopic (exact) mass is 438 g/mol. The summed E-state index contributed by atoms with van der Waals surface area (Å²) in [6.07, 6.45) is 2.56. The Morgan fingerprint density at radius 3 is 2.58 bits per heavy atom. The fourth-order valence-electron chi connectivity index (χ4n) is 4.89. The molecule has 2 aromatic rings. The molecule has 1 saturated heterocycles. The number of nitrogens with zero attached hydrogens (tertiary/aromatic N) is 2. The summed E-state index contributed by atoms with van der Waals surface area (Å²) in [7, 11) is -1.67. The maximum atomic E-state index is 13.6. The molecule has 0 spiro atoms. The van der Waals surface area contributed by atoms with Gasteiger partial charge in [0.1, 0.15) is 0 Å². The van der Waals surface area contributed by atoms with Crippen molar-refractivity contribution < 1.29 is 13.5 Å². The molecule has 0 aliphatic carbocycles. The van der Waals surface area contributed by atoms with Gasteiger partial charge in [0, 0.05) is 37.2 Å². The number of anilines is 1. The summed E-state index contributed by atoms with van der Waals surface area (Å²) >= 11 is 0. The van der Waals surface area contributed by atoms with E-state index in [4.69, 9.17) is 0 Å². The van der Waals surface area contributed by atoms with E-state index in [0.717, 1.165) is 41.6 Å². The van der Waals surface area contributed by atoms with E-state index in [1.165, 1.54) is 0 Å². The lowest BCUT2D eigenvalue weighted by atomic mass is 9.82. The molecule has 2 aliphatic heterocycles. The Labute approximate surface area is 185 Å². The number of likely N-dealkylation sites (N-methyl/N-ethyl adjacent to an activating group) is 1. The van der Waals surface area contributed by atoms with Crippen LogP contribution in [0.1, 0.15) is 48.9 Å². The lowest BCUT2D eigenvalue weighted by molar-refractivity contribution is 0.193. The van der Waals surface area contributed by atoms with Gasteiger partial charge in [0.05, 0.1) is 23.6 Å². The van der Waals surface area contributed by atoms with E-state index in [0.29, 0.717) is 11.4 Å². The van der Waals surface area contributed by atoms with Crippen LogP contribution in [-0.2, 0) is 10.0 Å². The fraction of sp³-hybridized carbons (Fsp3) is 0.440. The molecular formula is C25H30N2O3S. The molecule has 5 nitrogen and oxygen atoms in total. The van der Waals surface area contributed by atoms with Crippen LogP contribution in [0, 0.1) is 24.7 Å². The van der Waals surface area contributed by atoms with Crippen LogP contribution in [0.5, 0.6) is 0 Å². The van der Waals surface area contributed by atoms with Crippen LogP contribution in [0.25, 0.3) is 0 Å². The second-order valence-corrected chi connectivity index (χ2v) is 10.4. The summed E-state index contributed by atoms with van der Waals surface area (Å²) < 4.78 is 28.8. The quantitative estimate of drug-likeness (QED) is 0.740. The second-order valence-electron chi connectivity index (χ2n) is 8.51. The summed E-state index contributed by atoms with van der Waals surface area (Å²) in [5.41, 5.74) is 3.88. The number of unbranched alkanes of at least 4 members (excludes halogenated alkanes) is 1. The molecule has 0 saturated carbocycles. The number of benzene rings is 2. The molecular weight excluding hydrogens is 408 g/mol. The minimum absolute atomic E-state index is 0.00637. The van der Waals surface area contributed by atoms with E-state index in [1.54, 1.807) is 16.4 Å². The zero-order chi connectivity index (χ0) is 22.2. The van der Waals surface area contributed by atoms with Crippen LogP contribution in [-0.4, -0.2) is 44.1 Å². The Hall–Kier alpha value is -2.33. The normalized spacial score (nSPS) is 23.1. The molecule has 3 atom stereocenters. The van der Waals surface area contributed by atoms with Crippen molar-refractivity contribution in [2.24, 2.45) is 5.92 Å². The Morgan fingerprint density at radius 2 is 1.90 bits per heavy atom. The van der Waals surface area contributed by atoms with E-state index in [2.05, 4.69) is 23.7 Å². The third kappa shape index (κ3) is 3.87. The lowest BCUT2D eigenvalue weighted by Crippen LogP contribution is -2.48. The van der Waals surface area contributed by atoms with Crippen molar-refractivity contribution >= 4 is 15.7 Å². The topological polar surface area (TPSA) is 60.9 Å². The van der Waals surface area contributed by atoms with Crippen molar-refractivity contribution in [3.8, 4) is 11.8 Å². The smallest absolute Gasteiger partial charge is 0.243 e. The fourth-order valence-corrected chi connectivity index (χ4v) is 6.56. The van der Waals surface area contributed by atoms with Gasteiger partial charge in [-0.3, -0.25) is 0 Å². The SMILES string of the molecule is CCCC#Cc1ccc2c(c1)[C@H]1[C@H](CCN1S(=O)(=O)c1ccc(C)cc1)[C@H](CO)N2C. The first kappa shape index (κ1) is 21.9. The number of fused-ring (bicyclic) bond motifs is 3. The van der Waals surface area contributed by atoms with Gasteiger partial charge >= 0.3 is 0 Å². The summed E-state index contributed by atoms with van der Waals surface area (Å²) in [4.78, 5) is 2.42. The maximum absolute atomic E-state index is 13.6. The summed E-state index contributed by atoms with van der Waals surface area (Å²) in [6, 6.07) is 12.7. The van der Waals surface area contributed by atoms with Crippen molar-refractivity contribution in [1.82, 2.24) is 4.31 Å². The average Bonchev–Trinajstić information content (AvgIpc) is 3.20. The number of hydrogen-bond acceptors (Lipinski definition) is 4. The third-order valence-electron chi connectivity index (χ3n) is 6.54. The molecule has 0 aromatic heterocycles. The van der Waals surface area contributed by atoms with Crippen molar-refractivity contribution in [2.75, 3.05) is 25.1 Å². The van der Waals surface area contributed by atoms with E-state index in [9.17, 15) is 13.5 Å². The van der Waals surface area contributed by atoms with E-state index < -0.39 is 10.0 Å². The number of aliphatic hydroxyl groups excluding tert-OH is 1. The Balaban J connectivity index is 1.81. The predicted molar refractivity (Wildman–Crippen MR) is 123 cm³/mol. The summed E-state index contributed by atoms with van der Waals surface area (Å²) in [6.45, 7) is 4.49. The van der Waals surface area contributed by atoms with Crippen LogP contribution in [0.2, 0.25) is 0 Å². The number of hydrogen-bond donors (Lipinski definition) is 1. The van der Waals surface area contributed by atoms with Crippen molar-refractivity contribution in [3.05, 3.63) is 59.2 Å². The zero-order valence-corrected chi connectivity index (χ0v) is 19.2. The van der Waals surface area contributed by atoms with Gasteiger partial charge < -0.3 is 10.0 Å². The largest absolute Gasteiger partial charge is 0.394 e. The van der Waals surface area contributed by atoms with Crippen LogP contribution < -0.4 is 4.90 Å². The molecule has 2 heterocycles. The molecule has 164 valence electrons. The molecule has 2 aromatic carbocycles. The van der Waals surface area contributed by atoms with Gasteiger partial charge in [-0.15, -0.1) is 0 Å². The van der Waals surface area contributed by atoms with Crippen LogP contribution in [0.15, 0.2) is 47.4 Å². The Kier molecular flexibility index (Phi) is 6.11. The number of sulfonamides is 1. The van der Waals surface area contributed by atoms with E-state index >= 15 is 0 Å². The van der Waals surface area contributed by atoms with Gasteiger partial charge in [0.15, 0.2) is 0 Å². The van der Waals surface area contributed by atoms with Gasteiger partial charge in [-0.1, -0.05) is 36.5 Å². The maximum Gasteiger partial charge on any atom is 0.243 e. The van der Waals surface area contributed by atoms with Gasteiger partial charge in [-0.05, 0) is 55.7 Å². The number of aryl methyl sites for hydroxylation is 1. The first-order valence-corrected chi connectivity index (χ1v) is 12.4. The first-order chi connectivity index (χ1) is 14.9. The molecule has 31 heavy (non-hydrogen) atoms. The molecule has 4 rings (SSSR count). The van der Waals surface area contributed by atoms with Gasteiger partial charge in [0.25, 0.3) is 0 Å². The second kappa shape index (κ2) is 8.66. The van der Waals surface area contributed by atoms with Gasteiger partial charge in [-0.25, -0.2) is 8.42 Å².